The van der Waals surface area contributed by atoms with Crippen LogP contribution in [0, 0.1) is 6.92 Å². The first-order valence-corrected chi connectivity index (χ1v) is 11.9. The Morgan fingerprint density at radius 3 is 2.75 bits per heavy atom. The molecule has 0 fully saturated rings. The number of hydrogen-bond acceptors (Lipinski definition) is 7. The molecule has 9 heteroatoms. The number of methoxy groups -OCH3 is 1. The van der Waals surface area contributed by atoms with E-state index in [1.165, 1.54) is 11.3 Å². The number of anilines is 1. The first-order chi connectivity index (χ1) is 15.5. The molecule has 7 nitrogen and oxygen atoms in total. The normalized spacial score (nSPS) is 11.2. The molecule has 4 aromatic rings. The third-order valence-corrected chi connectivity index (χ3v) is 6.52. The molecular formula is C23H23BrN4O3S. The summed E-state index contributed by atoms with van der Waals surface area (Å²) in [7, 11) is 1.65. The van der Waals surface area contributed by atoms with Crippen LogP contribution in [0.1, 0.15) is 37.4 Å². The van der Waals surface area contributed by atoms with Gasteiger partial charge in [0.1, 0.15) is 9.71 Å². The fraction of sp³-hybridized carbons (Fsp3) is 0.304. The van der Waals surface area contributed by atoms with Crippen molar-refractivity contribution in [2.45, 2.75) is 39.7 Å². The first-order valence-electron chi connectivity index (χ1n) is 10.3. The molecule has 0 unspecified atom stereocenters. The number of aromatic nitrogens is 3. The second-order valence-corrected chi connectivity index (χ2v) is 9.34. The Balaban J connectivity index is 1.83. The van der Waals surface area contributed by atoms with Crippen LogP contribution in [0.3, 0.4) is 0 Å². The van der Waals surface area contributed by atoms with Gasteiger partial charge in [-0.1, -0.05) is 34.4 Å². The van der Waals surface area contributed by atoms with Crippen LogP contribution in [0.15, 0.2) is 39.3 Å². The van der Waals surface area contributed by atoms with Gasteiger partial charge in [-0.2, -0.15) is 4.98 Å². The maximum atomic E-state index is 12.7. The zero-order valence-electron chi connectivity index (χ0n) is 18.1. The largest absolute Gasteiger partial charge is 0.380 e. The summed E-state index contributed by atoms with van der Waals surface area (Å²) in [4.78, 5) is 23.4. The van der Waals surface area contributed by atoms with Crippen LogP contribution in [0.4, 0.5) is 5.69 Å². The molecule has 0 saturated carbocycles. The van der Waals surface area contributed by atoms with E-state index < -0.39 is 0 Å². The Kier molecular flexibility index (Phi) is 6.98. The number of fused-ring (bicyclic) bond motifs is 1. The van der Waals surface area contributed by atoms with Crippen LogP contribution in [0.2, 0.25) is 0 Å². The Labute approximate surface area is 198 Å². The average molecular weight is 515 g/mol. The second-order valence-electron chi connectivity index (χ2n) is 7.42. The first kappa shape index (κ1) is 22.6. The number of carbonyl (C=O) groups excluding carboxylic acids is 1. The number of carbonyl (C=O) groups is 1. The highest BCUT2D eigenvalue weighted by Gasteiger charge is 2.24. The van der Waals surface area contributed by atoms with Crippen LogP contribution < -0.4 is 5.32 Å². The van der Waals surface area contributed by atoms with Crippen molar-refractivity contribution in [2.24, 2.45) is 0 Å². The lowest BCUT2D eigenvalue weighted by molar-refractivity contribution is -0.116. The molecule has 0 radical (unpaired) electrons. The number of unbranched alkanes of at least 4 members (excludes halogenated alkanes) is 1. The molecule has 0 atom stereocenters. The molecule has 0 bridgehead atoms. The van der Waals surface area contributed by atoms with Crippen molar-refractivity contribution in [2.75, 3.05) is 12.4 Å². The number of benzene rings is 1. The van der Waals surface area contributed by atoms with Crippen molar-refractivity contribution < 1.29 is 14.1 Å². The van der Waals surface area contributed by atoms with Crippen molar-refractivity contribution in [1.82, 2.24) is 15.1 Å². The maximum absolute atomic E-state index is 12.7. The number of amides is 1. The van der Waals surface area contributed by atoms with E-state index >= 15 is 0 Å². The highest BCUT2D eigenvalue weighted by atomic mass is 79.9. The Morgan fingerprint density at radius 2 is 2.03 bits per heavy atom. The molecular weight excluding hydrogens is 492 g/mol. The molecule has 0 saturated heterocycles. The van der Waals surface area contributed by atoms with Gasteiger partial charge in [0.15, 0.2) is 0 Å². The molecule has 3 heterocycles. The van der Waals surface area contributed by atoms with E-state index in [-0.39, 0.29) is 5.91 Å². The van der Waals surface area contributed by atoms with Crippen molar-refractivity contribution in [3.63, 3.8) is 0 Å². The van der Waals surface area contributed by atoms with E-state index in [0.717, 1.165) is 44.4 Å². The van der Waals surface area contributed by atoms with E-state index in [1.54, 1.807) is 7.11 Å². The minimum absolute atomic E-state index is 0.0515. The molecule has 0 aliphatic heterocycles. The highest BCUT2D eigenvalue weighted by molar-refractivity contribution is 9.10. The van der Waals surface area contributed by atoms with Gasteiger partial charge in [-0.25, -0.2) is 4.98 Å². The quantitative estimate of drug-likeness (QED) is 0.294. The summed E-state index contributed by atoms with van der Waals surface area (Å²) in [6.07, 6.45) is 2.21. The van der Waals surface area contributed by atoms with Crippen LogP contribution in [-0.4, -0.2) is 28.1 Å². The number of aryl methyl sites for hydroxylation is 1. The molecule has 0 spiro atoms. The molecule has 3 aromatic heterocycles. The number of nitrogens with zero attached hydrogens (tertiary/aromatic N) is 3. The number of thiophene rings is 1. The number of ether oxygens (including phenoxy) is 1. The van der Waals surface area contributed by atoms with Gasteiger partial charge in [0, 0.05) is 34.6 Å². The Bertz CT molecular complexity index is 1250. The van der Waals surface area contributed by atoms with Gasteiger partial charge >= 0.3 is 0 Å². The summed E-state index contributed by atoms with van der Waals surface area (Å²) < 4.78 is 12.0. The van der Waals surface area contributed by atoms with E-state index in [9.17, 15) is 4.79 Å². The second kappa shape index (κ2) is 9.89. The van der Waals surface area contributed by atoms with Gasteiger partial charge in [0.25, 0.3) is 5.89 Å². The molecule has 1 aromatic carbocycles. The van der Waals surface area contributed by atoms with Crippen molar-refractivity contribution in [3.8, 4) is 22.2 Å². The Morgan fingerprint density at radius 1 is 1.25 bits per heavy atom. The number of rotatable bonds is 8. The Hall–Kier alpha value is -2.62. The summed E-state index contributed by atoms with van der Waals surface area (Å²) in [6.45, 7) is 4.40. The zero-order chi connectivity index (χ0) is 22.7. The molecule has 0 aliphatic rings. The molecule has 0 aliphatic carbocycles. The van der Waals surface area contributed by atoms with E-state index in [0.29, 0.717) is 35.3 Å². The van der Waals surface area contributed by atoms with Gasteiger partial charge in [-0.15, -0.1) is 11.3 Å². The topological polar surface area (TPSA) is 90.1 Å². The summed E-state index contributed by atoms with van der Waals surface area (Å²) in [5.74, 6) is 0.775. The highest BCUT2D eigenvalue weighted by Crippen LogP contribution is 2.43. The number of nitrogens with one attached hydrogen (secondary N) is 1. The van der Waals surface area contributed by atoms with Crippen molar-refractivity contribution >= 4 is 49.1 Å². The van der Waals surface area contributed by atoms with E-state index in [4.69, 9.17) is 9.26 Å². The molecule has 1 N–H and O–H groups in total. The van der Waals surface area contributed by atoms with Gasteiger partial charge in [-0.3, -0.25) is 4.79 Å². The van der Waals surface area contributed by atoms with E-state index in [1.807, 2.05) is 37.3 Å². The number of hydrogen-bond donors (Lipinski definition) is 1. The van der Waals surface area contributed by atoms with E-state index in [2.05, 4.69) is 43.3 Å². The SMILES string of the molecule is CCCCC(=O)Nc1c(-c2nc(-c3ccc(Br)cc3)no2)sc2nc(C)cc(COC)c12. The van der Waals surface area contributed by atoms with Crippen LogP contribution in [-0.2, 0) is 16.1 Å². The van der Waals surface area contributed by atoms with Crippen LogP contribution >= 0.6 is 27.3 Å². The van der Waals surface area contributed by atoms with Gasteiger partial charge < -0.3 is 14.6 Å². The van der Waals surface area contributed by atoms with Crippen LogP contribution in [0.25, 0.3) is 32.4 Å². The summed E-state index contributed by atoms with van der Waals surface area (Å²) in [5.41, 5.74) is 3.32. The lowest BCUT2D eigenvalue weighted by Gasteiger charge is -2.09. The van der Waals surface area contributed by atoms with Gasteiger partial charge in [0.2, 0.25) is 11.7 Å². The average Bonchev–Trinajstić information content (AvgIpc) is 3.38. The van der Waals surface area contributed by atoms with Gasteiger partial charge in [0.05, 0.1) is 12.3 Å². The molecule has 32 heavy (non-hydrogen) atoms. The lowest BCUT2D eigenvalue weighted by atomic mass is 10.1. The summed E-state index contributed by atoms with van der Waals surface area (Å²) >= 11 is 4.86. The predicted octanol–water partition coefficient (Wildman–Crippen LogP) is 6.36. The molecule has 4 rings (SSSR count). The molecule has 1 amide bonds. The summed E-state index contributed by atoms with van der Waals surface area (Å²) in [6, 6.07) is 9.66. The van der Waals surface area contributed by atoms with Crippen LogP contribution in [0.5, 0.6) is 0 Å². The fourth-order valence-corrected chi connectivity index (χ4v) is 4.83. The lowest BCUT2D eigenvalue weighted by Crippen LogP contribution is -2.11. The summed E-state index contributed by atoms with van der Waals surface area (Å²) in [5, 5.41) is 8.09. The fourth-order valence-electron chi connectivity index (χ4n) is 3.42. The zero-order valence-corrected chi connectivity index (χ0v) is 20.5. The molecule has 166 valence electrons. The van der Waals surface area contributed by atoms with Gasteiger partial charge in [-0.05, 0) is 49.2 Å². The minimum Gasteiger partial charge on any atom is -0.380 e. The maximum Gasteiger partial charge on any atom is 0.270 e. The smallest absolute Gasteiger partial charge is 0.270 e. The monoisotopic (exact) mass is 514 g/mol. The third-order valence-electron chi connectivity index (χ3n) is 4.92. The number of halogens is 1. The van der Waals surface area contributed by atoms with Crippen molar-refractivity contribution in [1.29, 1.82) is 0 Å². The third kappa shape index (κ3) is 4.74. The standard InChI is InChI=1S/C23H23BrN4O3S/c1-4-5-6-17(29)26-19-18-15(12-30-3)11-13(2)25-23(18)32-20(19)22-27-21(28-31-22)14-7-9-16(24)10-8-14/h7-11H,4-6,12H2,1-3H3,(H,26,29). The predicted molar refractivity (Wildman–Crippen MR) is 130 cm³/mol. The number of pyridine rings is 1. The van der Waals surface area contributed by atoms with Crippen molar-refractivity contribution in [3.05, 3.63) is 46.1 Å². The minimum atomic E-state index is -0.0515.